The van der Waals surface area contributed by atoms with Gasteiger partial charge in [-0.3, -0.25) is 5.32 Å². The molecule has 0 aliphatic carbocycles. The second-order valence-corrected chi connectivity index (χ2v) is 6.75. The molecule has 0 radical (unpaired) electrons. The summed E-state index contributed by atoms with van der Waals surface area (Å²) < 4.78 is 3.48. The molecule has 0 spiro atoms. The molecule has 0 aliphatic heterocycles. The van der Waals surface area contributed by atoms with Crippen LogP contribution in [0.15, 0.2) is 30.3 Å². The zero-order chi connectivity index (χ0) is 15.4. The Morgan fingerprint density at radius 2 is 1.80 bits per heavy atom. The number of rotatable bonds is 4. The first-order chi connectivity index (χ1) is 9.12. The van der Waals surface area contributed by atoms with Gasteiger partial charge >= 0.3 is 12.1 Å². The Labute approximate surface area is 126 Å². The highest BCUT2D eigenvalue weighted by molar-refractivity contribution is 9.10. The third kappa shape index (κ3) is 5.21. The van der Waals surface area contributed by atoms with Crippen LogP contribution in [0.1, 0.15) is 26.3 Å². The van der Waals surface area contributed by atoms with E-state index >= 15 is 0 Å². The molecular weight excluding hydrogens is 326 g/mol. The van der Waals surface area contributed by atoms with E-state index < -0.39 is 22.1 Å². The molecule has 2 N–H and O–H groups in total. The van der Waals surface area contributed by atoms with E-state index in [4.69, 9.17) is 4.74 Å². The van der Waals surface area contributed by atoms with Crippen molar-refractivity contribution in [2.45, 2.75) is 37.2 Å². The van der Waals surface area contributed by atoms with E-state index in [9.17, 15) is 14.7 Å². The molecule has 1 rings (SSSR count). The van der Waals surface area contributed by atoms with Gasteiger partial charge in [-0.25, -0.2) is 9.59 Å². The average molecular weight is 344 g/mol. The molecule has 1 amide bonds. The zero-order valence-corrected chi connectivity index (χ0v) is 13.2. The van der Waals surface area contributed by atoms with Crippen LogP contribution in [0, 0.1) is 0 Å². The normalized spacial score (nSPS) is 14.2. The van der Waals surface area contributed by atoms with Gasteiger partial charge in [-0.2, -0.15) is 0 Å². The van der Waals surface area contributed by atoms with E-state index in [2.05, 4.69) is 21.2 Å². The van der Waals surface area contributed by atoms with Crippen LogP contribution in [0.5, 0.6) is 0 Å². The fraction of sp³-hybridized carbons (Fsp3) is 0.429. The highest BCUT2D eigenvalue weighted by atomic mass is 79.9. The lowest BCUT2D eigenvalue weighted by Gasteiger charge is -2.27. The maximum absolute atomic E-state index is 11.7. The van der Waals surface area contributed by atoms with Crippen molar-refractivity contribution < 1.29 is 19.4 Å². The molecule has 1 aromatic carbocycles. The minimum atomic E-state index is -1.60. The Kier molecular flexibility index (Phi) is 5.16. The molecular formula is C14H18BrNO4. The van der Waals surface area contributed by atoms with E-state index in [0.29, 0.717) is 0 Å². The summed E-state index contributed by atoms with van der Waals surface area (Å²) in [7, 11) is 0. The van der Waals surface area contributed by atoms with Crippen LogP contribution >= 0.6 is 15.9 Å². The average Bonchev–Trinajstić information content (AvgIpc) is 2.26. The SMILES string of the molecule is CC(C)(C)OC(=O)NC(Br)(Cc1ccccc1)C(=O)O. The van der Waals surface area contributed by atoms with E-state index in [1.165, 1.54) is 0 Å². The van der Waals surface area contributed by atoms with Gasteiger partial charge in [-0.05, 0) is 42.3 Å². The first-order valence-electron chi connectivity index (χ1n) is 6.10. The molecule has 0 saturated carbocycles. The third-order valence-corrected chi connectivity index (χ3v) is 3.15. The quantitative estimate of drug-likeness (QED) is 0.651. The maximum Gasteiger partial charge on any atom is 0.409 e. The highest BCUT2D eigenvalue weighted by Gasteiger charge is 2.38. The van der Waals surface area contributed by atoms with Gasteiger partial charge < -0.3 is 9.84 Å². The number of alkyl carbamates (subject to hydrolysis) is 1. The number of carboxylic acids is 1. The Balaban J connectivity index is 2.82. The molecule has 0 bridgehead atoms. The molecule has 1 aromatic rings. The molecule has 110 valence electrons. The van der Waals surface area contributed by atoms with Crippen LogP contribution in [0.3, 0.4) is 0 Å². The van der Waals surface area contributed by atoms with Gasteiger partial charge in [0.25, 0.3) is 0 Å². The van der Waals surface area contributed by atoms with E-state index in [1.807, 2.05) is 6.07 Å². The number of nitrogens with one attached hydrogen (secondary N) is 1. The predicted molar refractivity (Wildman–Crippen MR) is 78.8 cm³/mol. The molecule has 0 aliphatic rings. The second-order valence-electron chi connectivity index (χ2n) is 5.40. The predicted octanol–water partition coefficient (Wildman–Crippen LogP) is 2.93. The summed E-state index contributed by atoms with van der Waals surface area (Å²) in [5, 5.41) is 11.7. The van der Waals surface area contributed by atoms with Gasteiger partial charge in [0, 0.05) is 6.42 Å². The Hall–Kier alpha value is -1.56. The van der Waals surface area contributed by atoms with E-state index in [1.54, 1.807) is 45.0 Å². The van der Waals surface area contributed by atoms with Crippen LogP contribution in [0.4, 0.5) is 4.79 Å². The lowest BCUT2D eigenvalue weighted by molar-refractivity contribution is -0.140. The molecule has 20 heavy (non-hydrogen) atoms. The summed E-state index contributed by atoms with van der Waals surface area (Å²) >= 11 is 3.08. The van der Waals surface area contributed by atoms with Crippen LogP contribution in [-0.2, 0) is 16.0 Å². The summed E-state index contributed by atoms with van der Waals surface area (Å²) in [6.45, 7) is 5.13. The van der Waals surface area contributed by atoms with Crippen molar-refractivity contribution in [3.63, 3.8) is 0 Å². The van der Waals surface area contributed by atoms with Crippen LogP contribution < -0.4 is 5.32 Å². The number of aliphatic carboxylic acids is 1. The number of ether oxygens (including phenoxy) is 1. The Morgan fingerprint density at radius 3 is 2.25 bits per heavy atom. The van der Waals surface area contributed by atoms with Gasteiger partial charge in [0.2, 0.25) is 0 Å². The highest BCUT2D eigenvalue weighted by Crippen LogP contribution is 2.22. The van der Waals surface area contributed by atoms with Gasteiger partial charge in [0.05, 0.1) is 0 Å². The molecule has 0 saturated heterocycles. The van der Waals surface area contributed by atoms with Gasteiger partial charge in [0.1, 0.15) is 5.60 Å². The fourth-order valence-corrected chi connectivity index (χ4v) is 2.00. The lowest BCUT2D eigenvalue weighted by atomic mass is 10.1. The smallest absolute Gasteiger partial charge is 0.409 e. The third-order valence-electron chi connectivity index (χ3n) is 2.33. The number of carbonyl (C=O) groups excluding carboxylic acids is 1. The lowest BCUT2D eigenvalue weighted by Crippen LogP contribution is -2.52. The molecule has 6 heteroatoms. The van der Waals surface area contributed by atoms with Crippen molar-refractivity contribution in [1.82, 2.24) is 5.32 Å². The number of hydrogen-bond donors (Lipinski definition) is 2. The number of carboxylic acid groups (broad SMARTS) is 1. The number of amides is 1. The van der Waals surface area contributed by atoms with Crippen molar-refractivity contribution in [3.8, 4) is 0 Å². The summed E-state index contributed by atoms with van der Waals surface area (Å²) in [5.41, 5.74) is 0.0892. The largest absolute Gasteiger partial charge is 0.479 e. The molecule has 0 aromatic heterocycles. The molecule has 1 unspecified atom stereocenters. The zero-order valence-electron chi connectivity index (χ0n) is 11.6. The summed E-state index contributed by atoms with van der Waals surface area (Å²) in [6, 6.07) is 9.02. The van der Waals surface area contributed by atoms with Gasteiger partial charge in [-0.1, -0.05) is 30.3 Å². The van der Waals surface area contributed by atoms with Crippen molar-refractivity contribution >= 4 is 28.0 Å². The first-order valence-corrected chi connectivity index (χ1v) is 6.89. The van der Waals surface area contributed by atoms with E-state index in [-0.39, 0.29) is 6.42 Å². The summed E-state index contributed by atoms with van der Waals surface area (Å²) in [5.74, 6) is -1.19. The number of carbonyl (C=O) groups is 2. The maximum atomic E-state index is 11.7. The molecule has 1 atom stereocenters. The van der Waals surface area contributed by atoms with Crippen LogP contribution in [0.2, 0.25) is 0 Å². The number of alkyl halides is 1. The molecule has 0 heterocycles. The first kappa shape index (κ1) is 16.5. The topological polar surface area (TPSA) is 75.6 Å². The minimum Gasteiger partial charge on any atom is -0.479 e. The summed E-state index contributed by atoms with van der Waals surface area (Å²) in [4.78, 5) is 23.2. The number of benzene rings is 1. The second kappa shape index (κ2) is 6.26. The Morgan fingerprint density at radius 1 is 1.25 bits per heavy atom. The van der Waals surface area contributed by atoms with Crippen molar-refractivity contribution in [1.29, 1.82) is 0 Å². The van der Waals surface area contributed by atoms with Gasteiger partial charge in [-0.15, -0.1) is 0 Å². The Bertz CT molecular complexity index is 484. The van der Waals surface area contributed by atoms with Crippen molar-refractivity contribution in [2.75, 3.05) is 0 Å². The molecule has 5 nitrogen and oxygen atoms in total. The molecule has 0 fully saturated rings. The van der Waals surface area contributed by atoms with Crippen molar-refractivity contribution in [3.05, 3.63) is 35.9 Å². The monoisotopic (exact) mass is 343 g/mol. The van der Waals surface area contributed by atoms with Crippen molar-refractivity contribution in [2.24, 2.45) is 0 Å². The number of halogens is 1. The number of hydrogen-bond acceptors (Lipinski definition) is 3. The summed E-state index contributed by atoms with van der Waals surface area (Å²) in [6.07, 6.45) is -0.685. The fourth-order valence-electron chi connectivity index (χ4n) is 1.52. The minimum absolute atomic E-state index is 0.0996. The van der Waals surface area contributed by atoms with Crippen LogP contribution in [-0.4, -0.2) is 27.2 Å². The van der Waals surface area contributed by atoms with Crippen LogP contribution in [0.25, 0.3) is 0 Å². The van der Waals surface area contributed by atoms with E-state index in [0.717, 1.165) is 5.56 Å². The standard InChI is InChI=1S/C14H18BrNO4/c1-13(2,3)20-12(19)16-14(15,11(17)18)9-10-7-5-4-6-8-10/h4-8H,9H2,1-3H3,(H,16,19)(H,17,18). The van der Waals surface area contributed by atoms with Gasteiger partial charge in [0.15, 0.2) is 4.45 Å².